The van der Waals surface area contributed by atoms with E-state index in [1.807, 2.05) is 37.3 Å². The van der Waals surface area contributed by atoms with E-state index < -0.39 is 12.1 Å². The van der Waals surface area contributed by atoms with Crippen LogP contribution in [0.25, 0.3) is 0 Å². The van der Waals surface area contributed by atoms with Gasteiger partial charge in [-0.05, 0) is 44.7 Å². The highest BCUT2D eigenvalue weighted by atomic mass is 16.5. The highest BCUT2D eigenvalue weighted by molar-refractivity contribution is 6.05. The number of H-pyrrole nitrogens is 1. The van der Waals surface area contributed by atoms with Gasteiger partial charge in [-0.1, -0.05) is 37.3 Å². The summed E-state index contributed by atoms with van der Waals surface area (Å²) in [5.41, 5.74) is 3.13. The minimum atomic E-state index is -0.915. The van der Waals surface area contributed by atoms with E-state index in [1.54, 1.807) is 20.8 Å². The van der Waals surface area contributed by atoms with Crippen LogP contribution < -0.4 is 0 Å². The lowest BCUT2D eigenvalue weighted by atomic mass is 9.98. The summed E-state index contributed by atoms with van der Waals surface area (Å²) in [4.78, 5) is 39.5. The average Bonchev–Trinajstić information content (AvgIpc) is 2.89. The van der Waals surface area contributed by atoms with Crippen LogP contribution in [0.2, 0.25) is 0 Å². The number of aryl methyl sites for hydroxylation is 1. The van der Waals surface area contributed by atoms with E-state index in [0.717, 1.165) is 5.56 Å². The molecule has 0 spiro atoms. The fraction of sp³-hybridized carbons (Fsp3) is 0.381. The largest absolute Gasteiger partial charge is 0.454 e. The molecule has 0 saturated heterocycles. The molecule has 0 bridgehead atoms. The molecule has 0 aliphatic heterocycles. The van der Waals surface area contributed by atoms with Crippen LogP contribution in [0, 0.1) is 13.8 Å². The topological polar surface area (TPSA) is 76.2 Å². The summed E-state index contributed by atoms with van der Waals surface area (Å²) in [6, 6.07) is 9.69. The van der Waals surface area contributed by atoms with Crippen LogP contribution in [0.4, 0.5) is 0 Å². The molecule has 0 radical (unpaired) electrons. The van der Waals surface area contributed by atoms with Crippen molar-refractivity contribution >= 4 is 17.5 Å². The molecule has 0 fully saturated rings. The number of rotatable bonds is 7. The number of benzene rings is 1. The van der Waals surface area contributed by atoms with Crippen molar-refractivity contribution in [1.29, 1.82) is 0 Å². The molecule has 1 heterocycles. The second-order valence-electron chi connectivity index (χ2n) is 6.69. The maximum atomic E-state index is 12.6. The monoisotopic (exact) mass is 355 g/mol. The van der Waals surface area contributed by atoms with Crippen LogP contribution in [0.5, 0.6) is 0 Å². The van der Waals surface area contributed by atoms with Crippen LogP contribution in [0.3, 0.4) is 0 Å². The number of ether oxygens (including phenoxy) is 1. The number of ketones is 2. The smallest absolute Gasteiger partial charge is 0.307 e. The van der Waals surface area contributed by atoms with E-state index in [0.29, 0.717) is 22.5 Å². The van der Waals surface area contributed by atoms with Crippen molar-refractivity contribution in [2.45, 2.75) is 53.1 Å². The van der Waals surface area contributed by atoms with Crippen LogP contribution in [-0.2, 0) is 9.53 Å². The van der Waals surface area contributed by atoms with Crippen molar-refractivity contribution in [1.82, 2.24) is 4.98 Å². The fourth-order valence-corrected chi connectivity index (χ4v) is 3.18. The Kier molecular flexibility index (Phi) is 6.14. The normalized spacial score (nSPS) is 13.1. The summed E-state index contributed by atoms with van der Waals surface area (Å²) in [5, 5.41) is 0. The van der Waals surface area contributed by atoms with Gasteiger partial charge in [0.15, 0.2) is 11.9 Å². The number of nitrogens with one attached hydrogen (secondary N) is 1. The molecule has 138 valence electrons. The third kappa shape index (κ3) is 4.28. The highest BCUT2D eigenvalue weighted by Gasteiger charge is 2.26. The van der Waals surface area contributed by atoms with Gasteiger partial charge in [-0.3, -0.25) is 14.4 Å². The van der Waals surface area contributed by atoms with E-state index in [-0.39, 0.29) is 23.9 Å². The first-order valence-corrected chi connectivity index (χ1v) is 8.71. The Bertz CT molecular complexity index is 820. The summed E-state index contributed by atoms with van der Waals surface area (Å²) in [7, 11) is 0. The number of carbonyl (C=O) groups excluding carboxylic acids is 3. The van der Waals surface area contributed by atoms with Gasteiger partial charge in [0.1, 0.15) is 0 Å². The quantitative estimate of drug-likeness (QED) is 0.598. The first-order valence-electron chi connectivity index (χ1n) is 8.71. The second kappa shape index (κ2) is 8.13. The molecule has 0 aliphatic carbocycles. The predicted octanol–water partition coefficient (Wildman–Crippen LogP) is 4.14. The second-order valence-corrected chi connectivity index (χ2v) is 6.69. The van der Waals surface area contributed by atoms with Crippen molar-refractivity contribution in [2.75, 3.05) is 0 Å². The van der Waals surface area contributed by atoms with E-state index in [2.05, 4.69) is 4.98 Å². The van der Waals surface area contributed by atoms with Gasteiger partial charge in [-0.2, -0.15) is 0 Å². The SMILES string of the molecule is CC(=O)c1c(C)[nH]c(C(=O)[C@@H](C)OC(=O)C[C@H](C)c2ccccc2)c1C. The molecule has 5 heteroatoms. The molecule has 2 rings (SSSR count). The van der Waals surface area contributed by atoms with E-state index in [9.17, 15) is 14.4 Å². The van der Waals surface area contributed by atoms with Gasteiger partial charge >= 0.3 is 5.97 Å². The van der Waals surface area contributed by atoms with Gasteiger partial charge in [0.25, 0.3) is 0 Å². The number of esters is 1. The maximum absolute atomic E-state index is 12.6. The van der Waals surface area contributed by atoms with Crippen molar-refractivity contribution in [3.05, 3.63) is 58.4 Å². The molecule has 2 aromatic rings. The van der Waals surface area contributed by atoms with Gasteiger partial charge in [0.2, 0.25) is 5.78 Å². The zero-order valence-electron chi connectivity index (χ0n) is 15.9. The molecule has 0 saturated carbocycles. The van der Waals surface area contributed by atoms with E-state index in [4.69, 9.17) is 4.74 Å². The van der Waals surface area contributed by atoms with Gasteiger partial charge in [-0.15, -0.1) is 0 Å². The van der Waals surface area contributed by atoms with E-state index >= 15 is 0 Å². The number of Topliss-reactive ketones (excluding diaryl/α,β-unsaturated/α-hetero) is 2. The molecule has 0 amide bonds. The number of hydrogen-bond acceptors (Lipinski definition) is 4. The zero-order chi connectivity index (χ0) is 19.4. The Balaban J connectivity index is 2.04. The average molecular weight is 355 g/mol. The zero-order valence-corrected chi connectivity index (χ0v) is 15.9. The van der Waals surface area contributed by atoms with Crippen LogP contribution in [0.1, 0.15) is 70.8 Å². The summed E-state index contributed by atoms with van der Waals surface area (Å²) < 4.78 is 5.33. The first-order chi connectivity index (χ1) is 12.2. The Morgan fingerprint density at radius 3 is 2.23 bits per heavy atom. The minimum Gasteiger partial charge on any atom is -0.454 e. The molecule has 1 aromatic carbocycles. The van der Waals surface area contributed by atoms with Crippen molar-refractivity contribution in [3.8, 4) is 0 Å². The van der Waals surface area contributed by atoms with Gasteiger partial charge in [-0.25, -0.2) is 0 Å². The molecule has 0 unspecified atom stereocenters. The maximum Gasteiger partial charge on any atom is 0.307 e. The molecule has 1 N–H and O–H groups in total. The Morgan fingerprint density at radius 1 is 1.08 bits per heavy atom. The number of aromatic amines is 1. The summed E-state index contributed by atoms with van der Waals surface area (Å²) >= 11 is 0. The Hall–Kier alpha value is -2.69. The Labute approximate surface area is 153 Å². The molecular weight excluding hydrogens is 330 g/mol. The Morgan fingerprint density at radius 2 is 1.69 bits per heavy atom. The van der Waals surface area contributed by atoms with Crippen molar-refractivity contribution in [2.24, 2.45) is 0 Å². The number of aromatic nitrogens is 1. The molecule has 0 aliphatic rings. The predicted molar refractivity (Wildman–Crippen MR) is 99.6 cm³/mol. The lowest BCUT2D eigenvalue weighted by Crippen LogP contribution is -2.26. The highest BCUT2D eigenvalue weighted by Crippen LogP contribution is 2.22. The molecule has 2 atom stereocenters. The molecule has 1 aromatic heterocycles. The van der Waals surface area contributed by atoms with Crippen molar-refractivity contribution in [3.63, 3.8) is 0 Å². The first kappa shape index (κ1) is 19.6. The summed E-state index contributed by atoms with van der Waals surface area (Å²) in [5.74, 6) is -0.852. The standard InChI is InChI=1S/C21H25NO4/c1-12(17-9-7-6-8-10-17)11-18(24)26-16(5)21(25)20-13(2)19(15(4)23)14(3)22-20/h6-10,12,16,22H,11H2,1-5H3/t12-,16+/m0/s1. The third-order valence-corrected chi connectivity index (χ3v) is 4.55. The van der Waals surface area contributed by atoms with Gasteiger partial charge in [0, 0.05) is 11.3 Å². The van der Waals surface area contributed by atoms with E-state index in [1.165, 1.54) is 6.92 Å². The third-order valence-electron chi connectivity index (χ3n) is 4.55. The lowest BCUT2D eigenvalue weighted by molar-refractivity contribution is -0.146. The molecule has 26 heavy (non-hydrogen) atoms. The number of carbonyl (C=O) groups is 3. The lowest BCUT2D eigenvalue weighted by Gasteiger charge is -2.15. The van der Waals surface area contributed by atoms with Crippen molar-refractivity contribution < 1.29 is 19.1 Å². The van der Waals surface area contributed by atoms with Crippen LogP contribution in [-0.4, -0.2) is 28.6 Å². The number of hydrogen-bond donors (Lipinski definition) is 1. The summed E-state index contributed by atoms with van der Waals surface area (Å²) in [6.07, 6.45) is -0.717. The fourth-order valence-electron chi connectivity index (χ4n) is 3.18. The molecular formula is C21H25NO4. The summed E-state index contributed by atoms with van der Waals surface area (Å²) in [6.45, 7) is 8.43. The van der Waals surface area contributed by atoms with Gasteiger partial charge in [0.05, 0.1) is 12.1 Å². The molecule has 5 nitrogen and oxygen atoms in total. The van der Waals surface area contributed by atoms with Crippen LogP contribution >= 0.6 is 0 Å². The van der Waals surface area contributed by atoms with Crippen LogP contribution in [0.15, 0.2) is 30.3 Å². The van der Waals surface area contributed by atoms with Gasteiger partial charge < -0.3 is 9.72 Å². The minimum absolute atomic E-state index is 0.00443.